The van der Waals surface area contributed by atoms with E-state index in [0.717, 1.165) is 6.21 Å². The maximum absolute atomic E-state index is 10.8. The smallest absolute Gasteiger partial charge is 0.315 e. The number of ether oxygens (including phenoxy) is 2. The van der Waals surface area contributed by atoms with Crippen molar-refractivity contribution in [2.24, 2.45) is 5.16 Å². The summed E-state index contributed by atoms with van der Waals surface area (Å²) >= 11 is 0. The summed E-state index contributed by atoms with van der Waals surface area (Å²) in [6, 6.07) is 2.69. The molecule has 0 bridgehead atoms. The lowest BCUT2D eigenvalue weighted by Crippen LogP contribution is -1.98. The summed E-state index contributed by atoms with van der Waals surface area (Å²) in [4.78, 5) is 10.2. The van der Waals surface area contributed by atoms with Gasteiger partial charge in [-0.05, 0) is 6.07 Å². The van der Waals surface area contributed by atoms with Crippen molar-refractivity contribution >= 4 is 11.9 Å². The van der Waals surface area contributed by atoms with Crippen LogP contribution in [0, 0.1) is 10.1 Å². The molecule has 0 saturated carbocycles. The SMILES string of the molecule is COc1cc(/C=N\O)cc([N+](=O)[O-])c1OC. The zero-order valence-corrected chi connectivity index (χ0v) is 8.71. The average Bonchev–Trinajstić information content (AvgIpc) is 2.28. The van der Waals surface area contributed by atoms with Crippen LogP contribution in [-0.4, -0.2) is 30.6 Å². The summed E-state index contributed by atoms with van der Waals surface area (Å²) in [7, 11) is 2.67. The quantitative estimate of drug-likeness (QED) is 0.362. The third-order valence-corrected chi connectivity index (χ3v) is 1.89. The number of rotatable bonds is 4. The van der Waals surface area contributed by atoms with Crippen LogP contribution in [0.1, 0.15) is 5.56 Å². The van der Waals surface area contributed by atoms with Gasteiger partial charge in [-0.1, -0.05) is 5.16 Å². The van der Waals surface area contributed by atoms with E-state index in [1.807, 2.05) is 0 Å². The van der Waals surface area contributed by atoms with Gasteiger partial charge in [-0.2, -0.15) is 0 Å². The van der Waals surface area contributed by atoms with Gasteiger partial charge in [-0.15, -0.1) is 0 Å². The molecule has 0 spiro atoms. The second kappa shape index (κ2) is 4.96. The first-order chi connectivity index (χ1) is 7.63. The van der Waals surface area contributed by atoms with Crippen LogP contribution in [0.25, 0.3) is 0 Å². The number of benzene rings is 1. The number of nitro groups is 1. The highest BCUT2D eigenvalue weighted by atomic mass is 16.6. The van der Waals surface area contributed by atoms with Gasteiger partial charge in [0.15, 0.2) is 5.75 Å². The lowest BCUT2D eigenvalue weighted by atomic mass is 10.2. The topological polar surface area (TPSA) is 94.2 Å². The van der Waals surface area contributed by atoms with E-state index in [9.17, 15) is 10.1 Å². The molecular formula is C9H10N2O5. The monoisotopic (exact) mass is 226 g/mol. The molecule has 0 saturated heterocycles. The molecule has 0 aromatic heterocycles. The minimum Gasteiger partial charge on any atom is -0.493 e. The first kappa shape index (κ1) is 11.8. The van der Waals surface area contributed by atoms with Gasteiger partial charge in [0.25, 0.3) is 0 Å². The maximum atomic E-state index is 10.8. The van der Waals surface area contributed by atoms with Crippen molar-refractivity contribution in [1.82, 2.24) is 0 Å². The number of hydrogen-bond acceptors (Lipinski definition) is 6. The molecule has 7 nitrogen and oxygen atoms in total. The van der Waals surface area contributed by atoms with E-state index in [2.05, 4.69) is 5.16 Å². The van der Waals surface area contributed by atoms with Gasteiger partial charge in [0.05, 0.1) is 25.4 Å². The zero-order chi connectivity index (χ0) is 12.1. The molecule has 0 atom stereocenters. The second-order valence-electron chi connectivity index (χ2n) is 2.78. The Kier molecular flexibility index (Phi) is 3.65. The number of hydrogen-bond donors (Lipinski definition) is 1. The van der Waals surface area contributed by atoms with E-state index < -0.39 is 4.92 Å². The molecule has 0 amide bonds. The van der Waals surface area contributed by atoms with E-state index in [1.54, 1.807) is 0 Å². The van der Waals surface area contributed by atoms with Gasteiger partial charge >= 0.3 is 5.69 Å². The fourth-order valence-corrected chi connectivity index (χ4v) is 1.24. The normalized spacial score (nSPS) is 10.4. The van der Waals surface area contributed by atoms with E-state index in [-0.39, 0.29) is 17.2 Å². The van der Waals surface area contributed by atoms with Gasteiger partial charge in [-0.25, -0.2) is 0 Å². The molecule has 0 aliphatic carbocycles. The predicted octanol–water partition coefficient (Wildman–Crippen LogP) is 1.42. The minimum absolute atomic E-state index is 0.0302. The fourth-order valence-electron chi connectivity index (χ4n) is 1.24. The highest BCUT2D eigenvalue weighted by Gasteiger charge is 2.20. The Morgan fingerprint density at radius 3 is 2.56 bits per heavy atom. The molecule has 0 aliphatic heterocycles. The minimum atomic E-state index is -0.601. The summed E-state index contributed by atoms with van der Waals surface area (Å²) in [6.45, 7) is 0. The van der Waals surface area contributed by atoms with E-state index in [0.29, 0.717) is 5.56 Å². The number of methoxy groups -OCH3 is 2. The van der Waals surface area contributed by atoms with Crippen molar-refractivity contribution in [3.63, 3.8) is 0 Å². The Labute approximate surface area is 91.0 Å². The number of nitrogens with zero attached hydrogens (tertiary/aromatic N) is 2. The first-order valence-corrected chi connectivity index (χ1v) is 4.22. The Balaban J connectivity index is 3.43. The van der Waals surface area contributed by atoms with Crippen molar-refractivity contribution in [3.8, 4) is 11.5 Å². The lowest BCUT2D eigenvalue weighted by Gasteiger charge is -2.08. The molecule has 86 valence electrons. The summed E-state index contributed by atoms with van der Waals surface area (Å²) < 4.78 is 9.83. The molecule has 0 unspecified atom stereocenters. The van der Waals surface area contributed by atoms with Crippen LogP contribution in [0.5, 0.6) is 11.5 Å². The van der Waals surface area contributed by atoms with Crippen LogP contribution in [0.4, 0.5) is 5.69 Å². The second-order valence-corrected chi connectivity index (χ2v) is 2.78. The van der Waals surface area contributed by atoms with Crippen LogP contribution in [-0.2, 0) is 0 Å². The summed E-state index contributed by atoms with van der Waals surface area (Å²) in [5, 5.41) is 21.9. The van der Waals surface area contributed by atoms with Crippen molar-refractivity contribution in [1.29, 1.82) is 0 Å². The first-order valence-electron chi connectivity index (χ1n) is 4.22. The Bertz CT molecular complexity index is 430. The van der Waals surface area contributed by atoms with Gasteiger partial charge in [0, 0.05) is 11.6 Å². The molecular weight excluding hydrogens is 216 g/mol. The molecule has 7 heteroatoms. The number of nitro benzene ring substituents is 1. The predicted molar refractivity (Wildman–Crippen MR) is 55.6 cm³/mol. The average molecular weight is 226 g/mol. The summed E-state index contributed by atoms with van der Waals surface area (Å²) in [5.74, 6) is 0.231. The highest BCUT2D eigenvalue weighted by molar-refractivity contribution is 5.82. The zero-order valence-electron chi connectivity index (χ0n) is 8.71. The van der Waals surface area contributed by atoms with E-state index in [4.69, 9.17) is 14.7 Å². The Hall–Kier alpha value is -2.31. The molecule has 0 heterocycles. The molecule has 0 radical (unpaired) electrons. The van der Waals surface area contributed by atoms with Crippen molar-refractivity contribution < 1.29 is 19.6 Å². The molecule has 1 aromatic rings. The largest absolute Gasteiger partial charge is 0.493 e. The van der Waals surface area contributed by atoms with E-state index in [1.165, 1.54) is 26.4 Å². The van der Waals surface area contributed by atoms with Crippen molar-refractivity contribution in [3.05, 3.63) is 27.8 Å². The van der Waals surface area contributed by atoms with Crippen LogP contribution >= 0.6 is 0 Å². The van der Waals surface area contributed by atoms with Gasteiger partial charge in [-0.3, -0.25) is 10.1 Å². The van der Waals surface area contributed by atoms with Crippen molar-refractivity contribution in [2.75, 3.05) is 14.2 Å². The molecule has 1 rings (SSSR count). The van der Waals surface area contributed by atoms with Crippen LogP contribution in [0.15, 0.2) is 17.3 Å². The molecule has 0 fully saturated rings. The Morgan fingerprint density at radius 2 is 2.12 bits per heavy atom. The lowest BCUT2D eigenvalue weighted by molar-refractivity contribution is -0.385. The number of oxime groups is 1. The third kappa shape index (κ3) is 2.19. The highest BCUT2D eigenvalue weighted by Crippen LogP contribution is 2.37. The fraction of sp³-hybridized carbons (Fsp3) is 0.222. The Morgan fingerprint density at radius 1 is 1.44 bits per heavy atom. The van der Waals surface area contributed by atoms with Crippen LogP contribution in [0.2, 0.25) is 0 Å². The van der Waals surface area contributed by atoms with Gasteiger partial charge < -0.3 is 14.7 Å². The molecule has 16 heavy (non-hydrogen) atoms. The third-order valence-electron chi connectivity index (χ3n) is 1.89. The van der Waals surface area contributed by atoms with Crippen LogP contribution < -0.4 is 9.47 Å². The van der Waals surface area contributed by atoms with Gasteiger partial charge in [0.1, 0.15) is 0 Å². The van der Waals surface area contributed by atoms with Gasteiger partial charge in [0.2, 0.25) is 5.75 Å². The molecule has 0 aliphatic rings. The van der Waals surface area contributed by atoms with Crippen LogP contribution in [0.3, 0.4) is 0 Å². The molecule has 1 aromatic carbocycles. The maximum Gasteiger partial charge on any atom is 0.315 e. The van der Waals surface area contributed by atoms with E-state index >= 15 is 0 Å². The summed E-state index contributed by atoms with van der Waals surface area (Å²) in [6.07, 6.45) is 1.06. The molecule has 1 N–H and O–H groups in total. The van der Waals surface area contributed by atoms with Crippen molar-refractivity contribution in [2.45, 2.75) is 0 Å². The summed E-state index contributed by atoms with van der Waals surface area (Å²) in [5.41, 5.74) is 0.0867. The standard InChI is InChI=1S/C9H10N2O5/c1-15-8-4-6(5-10-12)3-7(11(13)14)9(8)16-2/h3-5,12H,1-2H3/b10-5-.